The van der Waals surface area contributed by atoms with Crippen LogP contribution < -0.4 is 27.0 Å². The standard InChI is InChI=1S/C22H39N5O9/c1-4-5-6-7-11-16(28)27-17(21(34)35)12(2)25-22(36)26-15(10-8-9-14(23)20(32)33)18(29)24-13(3)19(30)31/h12-15,17H,4-11,23H2,1-3H3,(H,24,29)(H,27,28)(H,30,31)(H,32,33)(H,34,35)(H2,25,26,36)/t12?,13-,14?,15-,17?/m1/s1. The molecule has 14 heteroatoms. The Balaban J connectivity index is 5.14. The third-order valence-corrected chi connectivity index (χ3v) is 5.37. The first-order chi connectivity index (χ1) is 16.8. The molecule has 0 aromatic carbocycles. The first-order valence-corrected chi connectivity index (χ1v) is 11.9. The van der Waals surface area contributed by atoms with Gasteiger partial charge in [0.15, 0.2) is 0 Å². The van der Waals surface area contributed by atoms with Crippen molar-refractivity contribution in [1.29, 1.82) is 0 Å². The van der Waals surface area contributed by atoms with E-state index in [1.807, 2.05) is 6.92 Å². The number of urea groups is 1. The summed E-state index contributed by atoms with van der Waals surface area (Å²) in [5.41, 5.74) is 5.45. The van der Waals surface area contributed by atoms with Crippen LogP contribution in [0.4, 0.5) is 4.79 Å². The average molecular weight is 518 g/mol. The van der Waals surface area contributed by atoms with Crippen molar-refractivity contribution in [3.63, 3.8) is 0 Å². The largest absolute Gasteiger partial charge is 0.480 e. The molecule has 0 fully saturated rings. The van der Waals surface area contributed by atoms with E-state index < -0.39 is 66.0 Å². The molecule has 206 valence electrons. The van der Waals surface area contributed by atoms with Gasteiger partial charge in [0, 0.05) is 6.42 Å². The maximum atomic E-state index is 12.5. The molecule has 36 heavy (non-hydrogen) atoms. The van der Waals surface area contributed by atoms with Gasteiger partial charge in [0.05, 0.1) is 6.04 Å². The number of amides is 4. The number of carboxylic acid groups (broad SMARTS) is 3. The van der Waals surface area contributed by atoms with Crippen molar-refractivity contribution in [3.8, 4) is 0 Å². The Bertz CT molecular complexity index is 777. The lowest BCUT2D eigenvalue weighted by Crippen LogP contribution is -2.58. The maximum absolute atomic E-state index is 12.5. The zero-order valence-corrected chi connectivity index (χ0v) is 20.9. The number of nitrogens with two attached hydrogens (primary N) is 1. The topological polar surface area (TPSA) is 237 Å². The van der Waals surface area contributed by atoms with Crippen LogP contribution in [-0.4, -0.2) is 81.3 Å². The number of carboxylic acids is 3. The van der Waals surface area contributed by atoms with E-state index in [0.717, 1.165) is 19.3 Å². The molecule has 0 heterocycles. The molecule has 0 aliphatic carbocycles. The Labute approximate surface area is 209 Å². The summed E-state index contributed by atoms with van der Waals surface area (Å²) in [5, 5.41) is 36.7. The highest BCUT2D eigenvalue weighted by Gasteiger charge is 2.30. The fourth-order valence-corrected chi connectivity index (χ4v) is 3.16. The molecule has 0 rings (SSSR count). The summed E-state index contributed by atoms with van der Waals surface area (Å²) < 4.78 is 0. The van der Waals surface area contributed by atoms with Crippen molar-refractivity contribution in [2.24, 2.45) is 5.73 Å². The highest BCUT2D eigenvalue weighted by atomic mass is 16.4. The summed E-state index contributed by atoms with van der Waals surface area (Å²) in [5.74, 6) is -5.20. The Kier molecular flexibility index (Phi) is 15.5. The van der Waals surface area contributed by atoms with E-state index in [0.29, 0.717) is 6.42 Å². The van der Waals surface area contributed by atoms with Crippen LogP contribution in [0.5, 0.6) is 0 Å². The van der Waals surface area contributed by atoms with Crippen LogP contribution in [-0.2, 0) is 24.0 Å². The van der Waals surface area contributed by atoms with Gasteiger partial charge in [0.1, 0.15) is 24.2 Å². The van der Waals surface area contributed by atoms with E-state index in [1.54, 1.807) is 0 Å². The first kappa shape index (κ1) is 32.6. The van der Waals surface area contributed by atoms with Crippen molar-refractivity contribution in [1.82, 2.24) is 21.3 Å². The van der Waals surface area contributed by atoms with Crippen LogP contribution in [0.1, 0.15) is 72.1 Å². The Morgan fingerprint density at radius 3 is 1.92 bits per heavy atom. The molecule has 0 aromatic heterocycles. The summed E-state index contributed by atoms with van der Waals surface area (Å²) in [4.78, 5) is 70.7. The second-order valence-corrected chi connectivity index (χ2v) is 8.60. The SMILES string of the molecule is CCCCCCC(=O)NC(C(=O)O)C(C)NC(=O)N[C@H](CCCC(N)C(=O)O)C(=O)N[C@H](C)C(=O)O. The minimum Gasteiger partial charge on any atom is -0.480 e. The van der Waals surface area contributed by atoms with Crippen LogP contribution in [0.25, 0.3) is 0 Å². The van der Waals surface area contributed by atoms with Crippen molar-refractivity contribution in [2.45, 2.75) is 102 Å². The molecule has 9 N–H and O–H groups in total. The van der Waals surface area contributed by atoms with Gasteiger partial charge < -0.3 is 42.3 Å². The van der Waals surface area contributed by atoms with Gasteiger partial charge in [-0.3, -0.25) is 19.2 Å². The lowest BCUT2D eigenvalue weighted by molar-refractivity contribution is -0.142. The van der Waals surface area contributed by atoms with Crippen LogP contribution >= 0.6 is 0 Å². The second kappa shape index (κ2) is 17.1. The molecule has 0 saturated carbocycles. The summed E-state index contributed by atoms with van der Waals surface area (Å²) in [6, 6.07) is -7.11. The Morgan fingerprint density at radius 2 is 1.39 bits per heavy atom. The smallest absolute Gasteiger partial charge is 0.328 e. The molecular weight excluding hydrogens is 478 g/mol. The minimum absolute atomic E-state index is 0.00131. The molecule has 0 bridgehead atoms. The van der Waals surface area contributed by atoms with Gasteiger partial charge >= 0.3 is 23.9 Å². The van der Waals surface area contributed by atoms with E-state index >= 15 is 0 Å². The molecule has 0 spiro atoms. The highest BCUT2D eigenvalue weighted by molar-refractivity contribution is 5.90. The monoisotopic (exact) mass is 517 g/mol. The molecule has 4 amide bonds. The molecule has 0 aliphatic heterocycles. The van der Waals surface area contributed by atoms with E-state index in [4.69, 9.17) is 15.9 Å². The van der Waals surface area contributed by atoms with Crippen LogP contribution in [0, 0.1) is 0 Å². The van der Waals surface area contributed by atoms with Gasteiger partial charge in [-0.15, -0.1) is 0 Å². The van der Waals surface area contributed by atoms with Gasteiger partial charge in [-0.25, -0.2) is 9.59 Å². The van der Waals surface area contributed by atoms with Gasteiger partial charge in [-0.05, 0) is 39.5 Å². The molecule has 14 nitrogen and oxygen atoms in total. The summed E-state index contributed by atoms with van der Waals surface area (Å²) in [6.07, 6.45) is 3.58. The van der Waals surface area contributed by atoms with Crippen LogP contribution in [0.2, 0.25) is 0 Å². The number of carbonyl (C=O) groups excluding carboxylic acids is 3. The number of rotatable bonds is 18. The normalized spacial score (nSPS) is 14.9. The van der Waals surface area contributed by atoms with Crippen LogP contribution in [0.3, 0.4) is 0 Å². The highest BCUT2D eigenvalue weighted by Crippen LogP contribution is 2.06. The molecule has 0 radical (unpaired) electrons. The molecule has 0 aromatic rings. The molecular formula is C22H39N5O9. The molecule has 0 aliphatic rings. The Hall–Kier alpha value is -3.42. The quantitative estimate of drug-likeness (QED) is 0.111. The van der Waals surface area contributed by atoms with E-state index in [2.05, 4.69) is 21.3 Å². The van der Waals surface area contributed by atoms with E-state index in [1.165, 1.54) is 13.8 Å². The number of carbonyl (C=O) groups is 6. The molecule has 5 atom stereocenters. The number of aliphatic carboxylic acids is 3. The summed E-state index contributed by atoms with van der Waals surface area (Å²) in [7, 11) is 0. The van der Waals surface area contributed by atoms with E-state index in [9.17, 15) is 33.9 Å². The van der Waals surface area contributed by atoms with Crippen molar-refractivity contribution >= 4 is 35.8 Å². The molecule has 3 unspecified atom stereocenters. The minimum atomic E-state index is -1.43. The zero-order chi connectivity index (χ0) is 27.8. The third-order valence-electron chi connectivity index (χ3n) is 5.37. The maximum Gasteiger partial charge on any atom is 0.328 e. The zero-order valence-electron chi connectivity index (χ0n) is 20.9. The number of hydrogen-bond acceptors (Lipinski definition) is 7. The van der Waals surface area contributed by atoms with Gasteiger partial charge in [-0.2, -0.15) is 0 Å². The van der Waals surface area contributed by atoms with Gasteiger partial charge in [-0.1, -0.05) is 26.2 Å². The van der Waals surface area contributed by atoms with Gasteiger partial charge in [0.25, 0.3) is 0 Å². The van der Waals surface area contributed by atoms with Crippen molar-refractivity contribution in [3.05, 3.63) is 0 Å². The second-order valence-electron chi connectivity index (χ2n) is 8.60. The fourth-order valence-electron chi connectivity index (χ4n) is 3.16. The van der Waals surface area contributed by atoms with Crippen LogP contribution in [0.15, 0.2) is 0 Å². The van der Waals surface area contributed by atoms with Gasteiger partial charge in [0.2, 0.25) is 11.8 Å². The predicted octanol–water partition coefficient (Wildman–Crippen LogP) is -0.246. The van der Waals surface area contributed by atoms with Crippen molar-refractivity contribution < 1.29 is 44.1 Å². The first-order valence-electron chi connectivity index (χ1n) is 11.9. The van der Waals surface area contributed by atoms with E-state index in [-0.39, 0.29) is 25.7 Å². The average Bonchev–Trinajstić information content (AvgIpc) is 2.78. The predicted molar refractivity (Wildman–Crippen MR) is 128 cm³/mol. The van der Waals surface area contributed by atoms with Crippen molar-refractivity contribution in [2.75, 3.05) is 0 Å². The lowest BCUT2D eigenvalue weighted by atomic mass is 10.0. The third kappa shape index (κ3) is 13.5. The fraction of sp³-hybridized carbons (Fsp3) is 0.727. The Morgan fingerprint density at radius 1 is 0.750 bits per heavy atom. The number of hydrogen-bond donors (Lipinski definition) is 8. The lowest BCUT2D eigenvalue weighted by Gasteiger charge is -2.25. The number of unbranched alkanes of at least 4 members (excludes halogenated alkanes) is 3. The summed E-state index contributed by atoms with van der Waals surface area (Å²) in [6.45, 7) is 4.61. The summed E-state index contributed by atoms with van der Waals surface area (Å²) >= 11 is 0. The number of nitrogens with one attached hydrogen (secondary N) is 4. The molecule has 0 saturated heterocycles.